The second-order valence-electron chi connectivity index (χ2n) is 13.4. The second-order valence-corrected chi connectivity index (χ2v) is 14.7. The fourth-order valence-electron chi connectivity index (χ4n) is 6.82. The molecule has 2 N–H and O–H groups in total. The number of amides is 2. The number of carbonyl (C=O) groups is 2. The lowest BCUT2D eigenvalue weighted by Crippen LogP contribution is -2.64. The third-order valence-electron chi connectivity index (χ3n) is 9.25. The molecule has 0 spiro atoms. The Kier molecular flexibility index (Phi) is 13.0. The number of rotatable bonds is 12. The lowest BCUT2D eigenvalue weighted by atomic mass is 10.0. The Morgan fingerprint density at radius 1 is 1.04 bits per heavy atom. The van der Waals surface area contributed by atoms with E-state index >= 15 is 0 Å². The maximum atomic E-state index is 14.3. The number of nitrogens with zero attached hydrogens (tertiary/aromatic N) is 4. The highest BCUT2D eigenvalue weighted by Gasteiger charge is 2.41. The van der Waals surface area contributed by atoms with E-state index < -0.39 is 6.04 Å². The van der Waals surface area contributed by atoms with Crippen LogP contribution in [0.3, 0.4) is 0 Å². The number of hydrogen-bond acceptors (Lipinski definition) is 7. The zero-order chi connectivity index (χ0) is 33.3. The number of unbranched alkanes of at least 4 members (excludes halogenated alkanes) is 1. The van der Waals surface area contributed by atoms with Crippen molar-refractivity contribution in [3.8, 4) is 0 Å². The lowest BCUT2D eigenvalue weighted by molar-refractivity contribution is -0.145. The third-order valence-corrected chi connectivity index (χ3v) is 9.98. The summed E-state index contributed by atoms with van der Waals surface area (Å²) in [6.07, 6.45) is 6.43. The topological polar surface area (TPSA) is 89.5 Å². The summed E-state index contributed by atoms with van der Waals surface area (Å²) in [7, 11) is 0. The van der Waals surface area contributed by atoms with Gasteiger partial charge in [-0.05, 0) is 87.6 Å². The molecule has 4 atom stereocenters. The predicted molar refractivity (Wildman–Crippen MR) is 191 cm³/mol. The van der Waals surface area contributed by atoms with Gasteiger partial charge in [0, 0.05) is 35.2 Å². The average molecular weight is 730 g/mol. The predicted octanol–water partition coefficient (Wildman–Crippen LogP) is 5.77. The first-order valence-electron chi connectivity index (χ1n) is 17.2. The monoisotopic (exact) mass is 728 g/mol. The maximum Gasteiger partial charge on any atom is 0.288 e. The van der Waals surface area contributed by atoms with Crippen molar-refractivity contribution in [3.63, 3.8) is 0 Å². The molecule has 3 heterocycles. The van der Waals surface area contributed by atoms with Gasteiger partial charge >= 0.3 is 0 Å². The van der Waals surface area contributed by atoms with Crippen LogP contribution < -0.4 is 10.6 Å². The van der Waals surface area contributed by atoms with Gasteiger partial charge < -0.3 is 30.1 Å². The number of likely N-dealkylation sites (tertiary alicyclic amines) is 1. The van der Waals surface area contributed by atoms with E-state index in [1.807, 2.05) is 54.3 Å². The molecule has 0 aromatic heterocycles. The maximum absolute atomic E-state index is 14.3. The summed E-state index contributed by atoms with van der Waals surface area (Å²) in [6.45, 7) is 11.2. The van der Waals surface area contributed by atoms with Crippen molar-refractivity contribution in [2.24, 2.45) is 4.99 Å². The number of nitrogens with one attached hydrogen (secondary N) is 2. The van der Waals surface area contributed by atoms with Crippen molar-refractivity contribution in [1.29, 1.82) is 0 Å². The van der Waals surface area contributed by atoms with E-state index in [4.69, 9.17) is 21.3 Å². The quantitative estimate of drug-likeness (QED) is 0.270. The van der Waals surface area contributed by atoms with Crippen molar-refractivity contribution in [2.45, 2.75) is 96.1 Å². The standard InChI is InChI=1S/C36H50BrClN6O3/c1-25(2)40-31(15-5-8-18-42-16-6-4-7-17-42)35(46)44-20-19-43(24-32(44)34(45)39-23-27-11-9-14-30(38)21-27)36-41-26(3)33(47-36)28-12-10-13-29(37)22-28/h9-14,21-22,25-26,31-33,40H,4-8,15-20,23-24H2,1-3H3,(H,39,45)/t26-,31?,32-,33+/m0/s1. The first-order chi connectivity index (χ1) is 22.7. The van der Waals surface area contributed by atoms with E-state index in [-0.39, 0.29) is 36.0 Å². The molecule has 0 bridgehead atoms. The number of piperidine rings is 1. The smallest absolute Gasteiger partial charge is 0.288 e. The molecule has 0 aliphatic carbocycles. The van der Waals surface area contributed by atoms with Crippen LogP contribution in [0.4, 0.5) is 0 Å². The first-order valence-corrected chi connectivity index (χ1v) is 18.4. The van der Waals surface area contributed by atoms with Crippen LogP contribution in [-0.4, -0.2) is 96.0 Å². The van der Waals surface area contributed by atoms with Crippen molar-refractivity contribution < 1.29 is 14.3 Å². The van der Waals surface area contributed by atoms with Crippen LogP contribution in [0.5, 0.6) is 0 Å². The van der Waals surface area contributed by atoms with E-state index in [0.717, 1.165) is 41.4 Å². The summed E-state index contributed by atoms with van der Waals surface area (Å²) in [5.41, 5.74) is 1.94. The molecular formula is C36H50BrClN6O3. The minimum Gasteiger partial charge on any atom is -0.455 e. The zero-order valence-corrected chi connectivity index (χ0v) is 30.3. The minimum atomic E-state index is -0.702. The van der Waals surface area contributed by atoms with E-state index in [2.05, 4.69) is 51.4 Å². The van der Waals surface area contributed by atoms with Crippen LogP contribution in [-0.2, 0) is 20.9 Å². The Morgan fingerprint density at radius 3 is 2.57 bits per heavy atom. The normalized spacial score (nSPS) is 22.6. The van der Waals surface area contributed by atoms with Gasteiger partial charge in [-0.1, -0.05) is 78.5 Å². The van der Waals surface area contributed by atoms with Crippen LogP contribution in [0.1, 0.15) is 76.5 Å². The molecule has 2 fully saturated rings. The molecule has 3 aliphatic rings. The molecule has 47 heavy (non-hydrogen) atoms. The van der Waals surface area contributed by atoms with Crippen molar-refractivity contribution >= 4 is 45.4 Å². The largest absolute Gasteiger partial charge is 0.455 e. The Morgan fingerprint density at radius 2 is 1.83 bits per heavy atom. The van der Waals surface area contributed by atoms with E-state index in [0.29, 0.717) is 37.2 Å². The first kappa shape index (κ1) is 35.6. The molecule has 2 amide bonds. The third kappa shape index (κ3) is 9.94. The van der Waals surface area contributed by atoms with Gasteiger partial charge in [0.05, 0.1) is 18.6 Å². The van der Waals surface area contributed by atoms with Gasteiger partial charge in [-0.3, -0.25) is 9.59 Å². The van der Waals surface area contributed by atoms with Crippen molar-refractivity contribution in [2.75, 3.05) is 39.3 Å². The highest BCUT2D eigenvalue weighted by molar-refractivity contribution is 9.10. The average Bonchev–Trinajstić information content (AvgIpc) is 3.46. The van der Waals surface area contributed by atoms with Crippen LogP contribution in [0.2, 0.25) is 5.02 Å². The Bertz CT molecular complexity index is 1390. The van der Waals surface area contributed by atoms with Gasteiger partial charge in [-0.15, -0.1) is 0 Å². The van der Waals surface area contributed by atoms with Gasteiger partial charge in [0.15, 0.2) is 0 Å². The Hall–Kier alpha value is -2.66. The zero-order valence-electron chi connectivity index (χ0n) is 28.0. The number of ether oxygens (including phenoxy) is 1. The van der Waals surface area contributed by atoms with Gasteiger partial charge in [-0.2, -0.15) is 0 Å². The second kappa shape index (κ2) is 17.1. The number of aliphatic imine (C=N–C) groups is 1. The molecule has 2 saturated heterocycles. The van der Waals surface area contributed by atoms with Gasteiger partial charge in [0.1, 0.15) is 12.1 Å². The number of hydrogen-bond donors (Lipinski definition) is 2. The Balaban J connectivity index is 1.28. The fraction of sp³-hybridized carbons (Fsp3) is 0.583. The van der Waals surface area contributed by atoms with Gasteiger partial charge in [-0.25, -0.2) is 4.99 Å². The highest BCUT2D eigenvalue weighted by Crippen LogP contribution is 2.32. The molecule has 2 aromatic rings. The van der Waals surface area contributed by atoms with Gasteiger partial charge in [0.25, 0.3) is 6.02 Å². The molecule has 1 unspecified atom stereocenters. The van der Waals surface area contributed by atoms with Crippen molar-refractivity contribution in [1.82, 2.24) is 25.3 Å². The molecule has 3 aliphatic heterocycles. The molecule has 9 nitrogen and oxygen atoms in total. The fourth-order valence-corrected chi connectivity index (χ4v) is 7.45. The lowest BCUT2D eigenvalue weighted by Gasteiger charge is -2.42. The number of amidine groups is 1. The summed E-state index contributed by atoms with van der Waals surface area (Å²) in [5.74, 6) is -0.222. The number of halogens is 2. The molecule has 0 saturated carbocycles. The molecule has 11 heteroatoms. The van der Waals surface area contributed by atoms with E-state index in [1.54, 1.807) is 4.90 Å². The van der Waals surface area contributed by atoms with Crippen LogP contribution in [0.25, 0.3) is 0 Å². The molecule has 2 aromatic carbocycles. The van der Waals surface area contributed by atoms with Crippen LogP contribution in [0.15, 0.2) is 58.0 Å². The summed E-state index contributed by atoms with van der Waals surface area (Å²) in [6, 6.07) is 15.1. The summed E-state index contributed by atoms with van der Waals surface area (Å²) >= 11 is 9.77. The van der Waals surface area contributed by atoms with E-state index in [9.17, 15) is 9.59 Å². The van der Waals surface area contributed by atoms with Crippen LogP contribution >= 0.6 is 27.5 Å². The summed E-state index contributed by atoms with van der Waals surface area (Å²) < 4.78 is 7.41. The molecular weight excluding hydrogens is 680 g/mol. The molecule has 0 radical (unpaired) electrons. The summed E-state index contributed by atoms with van der Waals surface area (Å²) in [4.78, 5) is 39.4. The van der Waals surface area contributed by atoms with Crippen LogP contribution in [0, 0.1) is 0 Å². The highest BCUT2D eigenvalue weighted by atomic mass is 79.9. The number of benzene rings is 2. The SMILES string of the molecule is CC(C)NC(CCCCN1CCCCC1)C(=O)N1CCN(C2=N[C@@H](C)[C@H](c3cccc(Br)c3)O2)C[C@H]1C(=O)NCc1cccc(Cl)c1. The number of carbonyl (C=O) groups excluding carboxylic acids is 2. The van der Waals surface area contributed by atoms with E-state index in [1.165, 1.54) is 32.4 Å². The molecule has 256 valence electrons. The minimum absolute atomic E-state index is 0.0195. The molecule has 5 rings (SSSR count). The summed E-state index contributed by atoms with van der Waals surface area (Å²) in [5, 5.41) is 7.22. The Labute approximate surface area is 293 Å². The van der Waals surface area contributed by atoms with Gasteiger partial charge in [0.2, 0.25) is 11.8 Å². The number of piperazine rings is 1. The van der Waals surface area contributed by atoms with Crippen molar-refractivity contribution in [3.05, 3.63) is 69.2 Å².